The molecule has 0 aliphatic rings. The Morgan fingerprint density at radius 1 is 1.36 bits per heavy atom. The van der Waals surface area contributed by atoms with Crippen molar-refractivity contribution in [2.45, 2.75) is 20.0 Å². The molecule has 0 saturated carbocycles. The van der Waals surface area contributed by atoms with Gasteiger partial charge in [-0.3, -0.25) is 0 Å². The van der Waals surface area contributed by atoms with E-state index in [1.165, 1.54) is 6.07 Å². The van der Waals surface area contributed by atoms with Crippen molar-refractivity contribution in [3.63, 3.8) is 0 Å². The minimum absolute atomic E-state index is 0.0229. The number of halogens is 1. The molecule has 0 saturated heterocycles. The molecule has 1 heterocycles. The van der Waals surface area contributed by atoms with Crippen LogP contribution in [0.25, 0.3) is 10.1 Å². The molecule has 14 heavy (non-hydrogen) atoms. The van der Waals surface area contributed by atoms with Crippen molar-refractivity contribution in [1.29, 1.82) is 0 Å². The Bertz CT molecular complexity index is 462. The monoisotopic (exact) mass is 210 g/mol. The molecule has 0 fully saturated rings. The van der Waals surface area contributed by atoms with Gasteiger partial charge in [-0.05, 0) is 35.1 Å². The molecular formula is C11H11FOS. The van der Waals surface area contributed by atoms with Crippen LogP contribution in [0.5, 0.6) is 0 Å². The van der Waals surface area contributed by atoms with Crippen LogP contribution in [0.2, 0.25) is 0 Å². The Morgan fingerprint density at radius 2 is 2.14 bits per heavy atom. The number of aliphatic hydroxyl groups is 1. The molecule has 0 amide bonds. The lowest BCUT2D eigenvalue weighted by Crippen LogP contribution is -1.87. The molecule has 0 bridgehead atoms. The molecule has 2 aromatic rings. The van der Waals surface area contributed by atoms with E-state index >= 15 is 0 Å². The normalized spacial score (nSPS) is 11.1. The van der Waals surface area contributed by atoms with Gasteiger partial charge < -0.3 is 5.11 Å². The summed E-state index contributed by atoms with van der Waals surface area (Å²) in [4.78, 5) is 0. The number of aliphatic hydroxyl groups excluding tert-OH is 1. The van der Waals surface area contributed by atoms with Gasteiger partial charge in [0.1, 0.15) is 5.82 Å². The van der Waals surface area contributed by atoms with E-state index in [2.05, 4.69) is 0 Å². The van der Waals surface area contributed by atoms with Gasteiger partial charge in [0.05, 0.1) is 6.61 Å². The summed E-state index contributed by atoms with van der Waals surface area (Å²) in [6, 6.07) is 3.39. The van der Waals surface area contributed by atoms with E-state index in [0.29, 0.717) is 6.42 Å². The topological polar surface area (TPSA) is 20.2 Å². The molecule has 0 atom stereocenters. The van der Waals surface area contributed by atoms with E-state index in [1.54, 1.807) is 11.3 Å². The number of rotatable bonds is 2. The van der Waals surface area contributed by atoms with Crippen LogP contribution in [0.15, 0.2) is 17.5 Å². The van der Waals surface area contributed by atoms with Gasteiger partial charge in [0, 0.05) is 10.1 Å². The molecule has 0 aliphatic heterocycles. The van der Waals surface area contributed by atoms with Crippen molar-refractivity contribution in [2.75, 3.05) is 0 Å². The van der Waals surface area contributed by atoms with Gasteiger partial charge in [-0.25, -0.2) is 4.39 Å². The third-order valence-corrected chi connectivity index (χ3v) is 3.37. The van der Waals surface area contributed by atoms with Gasteiger partial charge in [0.2, 0.25) is 0 Å². The first-order chi connectivity index (χ1) is 6.76. The summed E-state index contributed by atoms with van der Waals surface area (Å²) in [5.74, 6) is -0.173. The highest BCUT2D eigenvalue weighted by Crippen LogP contribution is 2.28. The second-order valence-corrected chi connectivity index (χ2v) is 4.12. The number of hydrogen-bond acceptors (Lipinski definition) is 2. The maximum absolute atomic E-state index is 13.4. The summed E-state index contributed by atoms with van der Waals surface area (Å²) in [6.45, 7) is 1.91. The molecule has 3 heteroatoms. The second-order valence-electron chi connectivity index (χ2n) is 3.21. The Morgan fingerprint density at radius 3 is 2.79 bits per heavy atom. The van der Waals surface area contributed by atoms with Crippen LogP contribution in [-0.4, -0.2) is 5.11 Å². The molecule has 1 nitrogen and oxygen atoms in total. The van der Waals surface area contributed by atoms with Crippen molar-refractivity contribution in [3.05, 3.63) is 34.5 Å². The SMILES string of the molecule is CCc1cc2scc(CO)c2cc1F. The van der Waals surface area contributed by atoms with Gasteiger partial charge in [0.25, 0.3) is 0 Å². The van der Waals surface area contributed by atoms with Crippen LogP contribution < -0.4 is 0 Å². The molecular weight excluding hydrogens is 199 g/mol. The zero-order valence-electron chi connectivity index (χ0n) is 7.88. The quantitative estimate of drug-likeness (QED) is 0.807. The predicted molar refractivity (Wildman–Crippen MR) is 57.1 cm³/mol. The van der Waals surface area contributed by atoms with Gasteiger partial charge in [0.15, 0.2) is 0 Å². The summed E-state index contributed by atoms with van der Waals surface area (Å²) in [6.07, 6.45) is 0.703. The van der Waals surface area contributed by atoms with Gasteiger partial charge >= 0.3 is 0 Å². The third kappa shape index (κ3) is 1.42. The summed E-state index contributed by atoms with van der Waals surface area (Å²) in [7, 11) is 0. The first-order valence-electron chi connectivity index (χ1n) is 4.55. The highest BCUT2D eigenvalue weighted by atomic mass is 32.1. The van der Waals surface area contributed by atoms with E-state index in [4.69, 9.17) is 5.11 Å². The molecule has 0 spiro atoms. The van der Waals surface area contributed by atoms with Gasteiger partial charge in [-0.2, -0.15) is 0 Å². The molecule has 0 radical (unpaired) electrons. The van der Waals surface area contributed by atoms with Crippen LogP contribution in [0, 0.1) is 5.82 Å². The Hall–Kier alpha value is -0.930. The fourth-order valence-corrected chi connectivity index (χ4v) is 2.53. The zero-order valence-corrected chi connectivity index (χ0v) is 8.70. The van der Waals surface area contributed by atoms with E-state index in [9.17, 15) is 4.39 Å². The third-order valence-electron chi connectivity index (χ3n) is 2.37. The molecule has 1 aromatic carbocycles. The Balaban J connectivity index is 2.69. The van der Waals surface area contributed by atoms with Crippen LogP contribution in [0.1, 0.15) is 18.1 Å². The van der Waals surface area contributed by atoms with Crippen molar-refractivity contribution >= 4 is 21.4 Å². The lowest BCUT2D eigenvalue weighted by molar-refractivity contribution is 0.284. The number of benzene rings is 1. The van der Waals surface area contributed by atoms with Gasteiger partial charge in [-0.15, -0.1) is 11.3 Å². The average Bonchev–Trinajstić information content (AvgIpc) is 2.58. The largest absolute Gasteiger partial charge is 0.392 e. The molecule has 0 unspecified atom stereocenters. The molecule has 0 aliphatic carbocycles. The van der Waals surface area contributed by atoms with Crippen LogP contribution in [0.4, 0.5) is 4.39 Å². The van der Waals surface area contributed by atoms with Crippen molar-refractivity contribution in [2.24, 2.45) is 0 Å². The fourth-order valence-electron chi connectivity index (χ4n) is 1.54. The predicted octanol–water partition coefficient (Wildman–Crippen LogP) is 3.10. The van der Waals surface area contributed by atoms with E-state index in [0.717, 1.165) is 21.2 Å². The number of thiophene rings is 1. The number of fused-ring (bicyclic) bond motifs is 1. The van der Waals surface area contributed by atoms with Crippen molar-refractivity contribution in [1.82, 2.24) is 0 Å². The highest BCUT2D eigenvalue weighted by molar-refractivity contribution is 7.17. The highest BCUT2D eigenvalue weighted by Gasteiger charge is 2.07. The van der Waals surface area contributed by atoms with Crippen LogP contribution in [-0.2, 0) is 13.0 Å². The van der Waals surface area contributed by atoms with Crippen LogP contribution >= 0.6 is 11.3 Å². The fraction of sp³-hybridized carbons (Fsp3) is 0.273. The van der Waals surface area contributed by atoms with Crippen molar-refractivity contribution < 1.29 is 9.50 Å². The molecule has 1 N–H and O–H groups in total. The van der Waals surface area contributed by atoms with E-state index < -0.39 is 0 Å². The number of hydrogen-bond donors (Lipinski definition) is 1. The first-order valence-corrected chi connectivity index (χ1v) is 5.43. The Labute approximate surface area is 85.8 Å². The van der Waals surface area contributed by atoms with E-state index in [1.807, 2.05) is 18.4 Å². The summed E-state index contributed by atoms with van der Waals surface area (Å²) < 4.78 is 14.5. The zero-order chi connectivity index (χ0) is 10.1. The molecule has 74 valence electrons. The summed E-state index contributed by atoms with van der Waals surface area (Å²) >= 11 is 1.55. The van der Waals surface area contributed by atoms with Gasteiger partial charge in [-0.1, -0.05) is 6.92 Å². The van der Waals surface area contributed by atoms with Crippen LogP contribution in [0.3, 0.4) is 0 Å². The average molecular weight is 210 g/mol. The van der Waals surface area contributed by atoms with Crippen molar-refractivity contribution in [3.8, 4) is 0 Å². The first kappa shape index (κ1) is 9.62. The summed E-state index contributed by atoms with van der Waals surface area (Å²) in [5.41, 5.74) is 1.55. The summed E-state index contributed by atoms with van der Waals surface area (Å²) in [5, 5.41) is 11.7. The lowest BCUT2D eigenvalue weighted by atomic mass is 10.1. The van der Waals surface area contributed by atoms with E-state index in [-0.39, 0.29) is 12.4 Å². The Kier molecular flexibility index (Phi) is 2.52. The maximum Gasteiger partial charge on any atom is 0.127 e. The number of aryl methyl sites for hydroxylation is 1. The standard InChI is InChI=1S/C11H11FOS/c1-2-7-3-11-9(4-10(7)12)8(5-13)6-14-11/h3-4,6,13H,2,5H2,1H3. The minimum Gasteiger partial charge on any atom is -0.392 e. The minimum atomic E-state index is -0.173. The molecule has 2 rings (SSSR count). The lowest BCUT2D eigenvalue weighted by Gasteiger charge is -2.00. The second kappa shape index (κ2) is 3.67. The smallest absolute Gasteiger partial charge is 0.127 e. The maximum atomic E-state index is 13.4. The molecule has 1 aromatic heterocycles.